The molecule has 1 aromatic rings. The van der Waals surface area contributed by atoms with Gasteiger partial charge in [-0.25, -0.2) is 0 Å². The van der Waals surface area contributed by atoms with Gasteiger partial charge in [0, 0.05) is 37.1 Å². The normalized spacial score (nSPS) is 16.6. The van der Waals surface area contributed by atoms with Gasteiger partial charge in [-0.05, 0) is 38.4 Å². The Labute approximate surface area is 125 Å². The Morgan fingerprint density at radius 1 is 1.35 bits per heavy atom. The zero-order valence-electron chi connectivity index (χ0n) is 12.4. The molecule has 1 amide bonds. The summed E-state index contributed by atoms with van der Waals surface area (Å²) in [5, 5.41) is 2.07. The highest BCUT2D eigenvalue weighted by molar-refractivity contribution is 7.09. The van der Waals surface area contributed by atoms with Gasteiger partial charge in [0.2, 0.25) is 5.91 Å². The van der Waals surface area contributed by atoms with Crippen molar-refractivity contribution in [3.05, 3.63) is 22.4 Å². The predicted octanol–water partition coefficient (Wildman–Crippen LogP) is 2.06. The van der Waals surface area contributed by atoms with Crippen molar-refractivity contribution in [2.24, 2.45) is 5.92 Å². The lowest BCUT2D eigenvalue weighted by Crippen LogP contribution is -2.41. The fraction of sp³-hybridized carbons (Fsp3) is 0.667. The summed E-state index contributed by atoms with van der Waals surface area (Å²) in [6.07, 6.45) is 1.73. The Morgan fingerprint density at radius 3 is 2.70 bits per heavy atom. The number of thiophene rings is 1. The van der Waals surface area contributed by atoms with Crippen LogP contribution in [0.4, 0.5) is 0 Å². The molecule has 0 bridgehead atoms. The Hall–Kier alpha value is -0.910. The highest BCUT2D eigenvalue weighted by atomic mass is 32.1. The maximum absolute atomic E-state index is 12.7. The molecule has 20 heavy (non-hydrogen) atoms. The van der Waals surface area contributed by atoms with Crippen molar-refractivity contribution in [1.82, 2.24) is 9.80 Å². The quantitative estimate of drug-likeness (QED) is 0.805. The number of ether oxygens (including phenoxy) is 1. The average molecular weight is 296 g/mol. The van der Waals surface area contributed by atoms with Crippen LogP contribution in [0.3, 0.4) is 0 Å². The van der Waals surface area contributed by atoms with Crippen molar-refractivity contribution in [1.29, 1.82) is 0 Å². The molecule has 0 N–H and O–H groups in total. The Balaban J connectivity index is 1.98. The molecular formula is C15H24N2O2S. The summed E-state index contributed by atoms with van der Waals surface area (Å²) in [6, 6.07) is 4.15. The summed E-state index contributed by atoms with van der Waals surface area (Å²) in [7, 11) is 4.09. The summed E-state index contributed by atoms with van der Waals surface area (Å²) < 4.78 is 5.36. The van der Waals surface area contributed by atoms with Crippen LogP contribution in [0.15, 0.2) is 17.5 Å². The number of rotatable bonds is 6. The van der Waals surface area contributed by atoms with Gasteiger partial charge in [0.25, 0.3) is 0 Å². The number of hydrogen-bond donors (Lipinski definition) is 0. The average Bonchev–Trinajstić information content (AvgIpc) is 2.96. The molecule has 1 aliphatic heterocycles. The lowest BCUT2D eigenvalue weighted by atomic mass is 9.98. The third-order valence-electron chi connectivity index (χ3n) is 3.63. The van der Waals surface area contributed by atoms with Crippen LogP contribution in [0.1, 0.15) is 17.7 Å². The number of likely N-dealkylation sites (N-methyl/N-ethyl adjacent to an activating group) is 1. The van der Waals surface area contributed by atoms with Gasteiger partial charge in [0.1, 0.15) is 0 Å². The highest BCUT2D eigenvalue weighted by Gasteiger charge is 2.26. The molecule has 0 radical (unpaired) electrons. The first-order chi connectivity index (χ1) is 9.66. The predicted molar refractivity (Wildman–Crippen MR) is 81.8 cm³/mol. The largest absolute Gasteiger partial charge is 0.381 e. The molecular weight excluding hydrogens is 272 g/mol. The second-order valence-electron chi connectivity index (χ2n) is 5.53. The van der Waals surface area contributed by atoms with Gasteiger partial charge in [0.05, 0.1) is 6.54 Å². The van der Waals surface area contributed by atoms with Crippen molar-refractivity contribution >= 4 is 17.2 Å². The monoisotopic (exact) mass is 296 g/mol. The SMILES string of the molecule is CN(C)CCN(Cc1cccs1)C(=O)C1CCOCC1. The molecule has 0 aliphatic carbocycles. The van der Waals surface area contributed by atoms with E-state index in [9.17, 15) is 4.79 Å². The molecule has 1 aliphatic rings. The maximum atomic E-state index is 12.7. The number of carbonyl (C=O) groups excluding carboxylic acids is 1. The summed E-state index contributed by atoms with van der Waals surface area (Å²) in [4.78, 5) is 18.1. The van der Waals surface area contributed by atoms with E-state index in [1.54, 1.807) is 11.3 Å². The lowest BCUT2D eigenvalue weighted by molar-refractivity contribution is -0.139. The highest BCUT2D eigenvalue weighted by Crippen LogP contribution is 2.20. The fourth-order valence-corrected chi connectivity index (χ4v) is 3.10. The minimum Gasteiger partial charge on any atom is -0.381 e. The number of hydrogen-bond acceptors (Lipinski definition) is 4. The molecule has 4 nitrogen and oxygen atoms in total. The zero-order valence-corrected chi connectivity index (χ0v) is 13.2. The van der Waals surface area contributed by atoms with E-state index >= 15 is 0 Å². The molecule has 112 valence electrons. The summed E-state index contributed by atoms with van der Waals surface area (Å²) >= 11 is 1.72. The number of carbonyl (C=O) groups is 1. The summed E-state index contributed by atoms with van der Waals surface area (Å²) in [6.45, 7) is 3.87. The molecule has 0 atom stereocenters. The third-order valence-corrected chi connectivity index (χ3v) is 4.49. The van der Waals surface area contributed by atoms with Crippen LogP contribution in [-0.2, 0) is 16.1 Å². The van der Waals surface area contributed by atoms with E-state index in [-0.39, 0.29) is 5.92 Å². The molecule has 1 aromatic heterocycles. The van der Waals surface area contributed by atoms with Gasteiger partial charge < -0.3 is 14.5 Å². The summed E-state index contributed by atoms with van der Waals surface area (Å²) in [5.74, 6) is 0.439. The maximum Gasteiger partial charge on any atom is 0.226 e. The van der Waals surface area contributed by atoms with Gasteiger partial charge in [-0.3, -0.25) is 4.79 Å². The van der Waals surface area contributed by atoms with Gasteiger partial charge in [-0.1, -0.05) is 6.07 Å². The molecule has 0 spiro atoms. The fourth-order valence-electron chi connectivity index (χ4n) is 2.38. The molecule has 0 unspecified atom stereocenters. The van der Waals surface area contributed by atoms with Crippen molar-refractivity contribution in [2.75, 3.05) is 40.4 Å². The Kier molecular flexibility index (Phi) is 6.01. The molecule has 0 aromatic carbocycles. The van der Waals surface area contributed by atoms with Gasteiger partial charge in [0.15, 0.2) is 0 Å². The standard InChI is InChI=1S/C15H24N2O2S/c1-16(2)7-8-17(12-14-4-3-11-20-14)15(18)13-5-9-19-10-6-13/h3-4,11,13H,5-10,12H2,1-2H3. The third kappa shape index (κ3) is 4.58. The van der Waals surface area contributed by atoms with Crippen LogP contribution in [0, 0.1) is 5.92 Å². The first-order valence-corrected chi connectivity index (χ1v) is 8.08. The van der Waals surface area contributed by atoms with Crippen molar-refractivity contribution in [3.8, 4) is 0 Å². The minimum atomic E-state index is 0.144. The number of nitrogens with zero attached hydrogens (tertiary/aromatic N) is 2. The molecule has 1 fully saturated rings. The first kappa shape index (κ1) is 15.5. The smallest absolute Gasteiger partial charge is 0.226 e. The van der Waals surface area contributed by atoms with Crippen LogP contribution in [0.2, 0.25) is 0 Å². The van der Waals surface area contributed by atoms with E-state index in [4.69, 9.17) is 4.74 Å². The second kappa shape index (κ2) is 7.76. The Morgan fingerprint density at radius 2 is 2.10 bits per heavy atom. The van der Waals surface area contributed by atoms with Crippen molar-refractivity contribution < 1.29 is 9.53 Å². The van der Waals surface area contributed by atoms with Crippen LogP contribution >= 0.6 is 11.3 Å². The zero-order chi connectivity index (χ0) is 14.4. The molecule has 2 heterocycles. The van der Waals surface area contributed by atoms with E-state index in [2.05, 4.69) is 16.3 Å². The van der Waals surface area contributed by atoms with Crippen LogP contribution in [0.5, 0.6) is 0 Å². The van der Waals surface area contributed by atoms with Crippen molar-refractivity contribution in [2.45, 2.75) is 19.4 Å². The van der Waals surface area contributed by atoms with Gasteiger partial charge >= 0.3 is 0 Å². The summed E-state index contributed by atoms with van der Waals surface area (Å²) in [5.41, 5.74) is 0. The van der Waals surface area contributed by atoms with E-state index in [0.717, 1.165) is 45.7 Å². The molecule has 2 rings (SSSR count). The first-order valence-electron chi connectivity index (χ1n) is 7.20. The lowest BCUT2D eigenvalue weighted by Gasteiger charge is -2.30. The Bertz CT molecular complexity index is 400. The number of amides is 1. The van der Waals surface area contributed by atoms with E-state index in [1.807, 2.05) is 25.1 Å². The van der Waals surface area contributed by atoms with Crippen molar-refractivity contribution in [3.63, 3.8) is 0 Å². The van der Waals surface area contributed by atoms with Gasteiger partial charge in [-0.2, -0.15) is 0 Å². The van der Waals surface area contributed by atoms with E-state index < -0.39 is 0 Å². The second-order valence-corrected chi connectivity index (χ2v) is 6.56. The topological polar surface area (TPSA) is 32.8 Å². The molecule has 5 heteroatoms. The molecule has 1 saturated heterocycles. The van der Waals surface area contributed by atoms with Crippen LogP contribution in [0.25, 0.3) is 0 Å². The van der Waals surface area contributed by atoms with Crippen LogP contribution in [-0.4, -0.2) is 56.1 Å². The van der Waals surface area contributed by atoms with E-state index in [0.29, 0.717) is 5.91 Å². The minimum absolute atomic E-state index is 0.144. The van der Waals surface area contributed by atoms with E-state index in [1.165, 1.54) is 4.88 Å². The van der Waals surface area contributed by atoms with Crippen LogP contribution < -0.4 is 0 Å². The van der Waals surface area contributed by atoms with Gasteiger partial charge in [-0.15, -0.1) is 11.3 Å². The molecule has 0 saturated carbocycles.